The second-order valence-electron chi connectivity index (χ2n) is 6.35. The third kappa shape index (κ3) is 5.64. The summed E-state index contributed by atoms with van der Waals surface area (Å²) in [7, 11) is 1.61. The van der Waals surface area contributed by atoms with Crippen LogP contribution in [0.15, 0.2) is 36.4 Å². The maximum absolute atomic E-state index is 12.5. The first-order chi connectivity index (χ1) is 13.0. The van der Waals surface area contributed by atoms with Crippen molar-refractivity contribution < 1.29 is 19.0 Å². The lowest BCUT2D eigenvalue weighted by atomic mass is 10.0. The molecule has 0 aliphatic heterocycles. The zero-order valence-corrected chi connectivity index (χ0v) is 16.8. The van der Waals surface area contributed by atoms with Crippen molar-refractivity contribution in [3.8, 4) is 17.2 Å². The maximum atomic E-state index is 12.5. The Labute approximate surface area is 161 Å². The number of ether oxygens (including phenoxy) is 3. The quantitative estimate of drug-likeness (QED) is 0.717. The minimum Gasteiger partial charge on any atom is -0.496 e. The Morgan fingerprint density at radius 3 is 2.33 bits per heavy atom. The summed E-state index contributed by atoms with van der Waals surface area (Å²) >= 11 is 0. The van der Waals surface area contributed by atoms with Crippen LogP contribution in [0, 0.1) is 6.92 Å². The molecule has 0 unspecified atom stereocenters. The van der Waals surface area contributed by atoms with Crippen molar-refractivity contribution in [2.75, 3.05) is 20.3 Å². The summed E-state index contributed by atoms with van der Waals surface area (Å²) in [5.41, 5.74) is 2.94. The summed E-state index contributed by atoms with van der Waals surface area (Å²) in [5, 5.41) is 3.05. The first kappa shape index (κ1) is 20.6. The smallest absolute Gasteiger partial charge is 0.225 e. The molecular formula is C22H29NO4. The van der Waals surface area contributed by atoms with Crippen LogP contribution in [0.2, 0.25) is 0 Å². The lowest BCUT2D eigenvalue weighted by Gasteiger charge is -2.18. The first-order valence-corrected chi connectivity index (χ1v) is 9.30. The number of hydrogen-bond donors (Lipinski definition) is 1. The molecule has 0 aliphatic carbocycles. The molecule has 27 heavy (non-hydrogen) atoms. The molecule has 0 aliphatic rings. The molecule has 0 saturated carbocycles. The fourth-order valence-electron chi connectivity index (χ4n) is 2.93. The van der Waals surface area contributed by atoms with Crippen LogP contribution in [0.4, 0.5) is 0 Å². The summed E-state index contributed by atoms with van der Waals surface area (Å²) < 4.78 is 16.6. The monoisotopic (exact) mass is 371 g/mol. The predicted octanol–water partition coefficient (Wildman–Crippen LogP) is 4.22. The number of nitrogens with one attached hydrogen (secondary N) is 1. The lowest BCUT2D eigenvalue weighted by Crippen LogP contribution is -2.28. The van der Waals surface area contributed by atoms with Gasteiger partial charge in [0.1, 0.15) is 5.75 Å². The second kappa shape index (κ2) is 9.86. The highest BCUT2D eigenvalue weighted by atomic mass is 16.5. The van der Waals surface area contributed by atoms with E-state index in [1.54, 1.807) is 7.11 Å². The minimum absolute atomic E-state index is 0.0572. The molecule has 5 heteroatoms. The van der Waals surface area contributed by atoms with Crippen molar-refractivity contribution >= 4 is 5.91 Å². The van der Waals surface area contributed by atoms with E-state index in [0.29, 0.717) is 24.7 Å². The van der Waals surface area contributed by atoms with Crippen LogP contribution in [-0.2, 0) is 11.2 Å². The molecule has 0 fully saturated rings. The van der Waals surface area contributed by atoms with Crippen molar-refractivity contribution in [3.05, 3.63) is 53.1 Å². The van der Waals surface area contributed by atoms with E-state index < -0.39 is 0 Å². The standard InChI is InChI=1S/C22H29NO4/c1-6-26-20-11-9-17(13-21(20)27-7-2)16(4)23-22(24)14-18-12-15(3)8-10-19(18)25-5/h8-13,16H,6-7,14H2,1-5H3,(H,23,24)/t16-/m0/s1. The van der Waals surface area contributed by atoms with Crippen LogP contribution < -0.4 is 19.5 Å². The van der Waals surface area contributed by atoms with Crippen molar-refractivity contribution in [3.63, 3.8) is 0 Å². The van der Waals surface area contributed by atoms with E-state index in [9.17, 15) is 4.79 Å². The van der Waals surface area contributed by atoms with E-state index in [4.69, 9.17) is 14.2 Å². The average molecular weight is 371 g/mol. The number of benzene rings is 2. The molecule has 1 amide bonds. The van der Waals surface area contributed by atoms with Crippen LogP contribution in [0.3, 0.4) is 0 Å². The van der Waals surface area contributed by atoms with E-state index >= 15 is 0 Å². The fraction of sp³-hybridized carbons (Fsp3) is 0.409. The molecule has 0 aromatic heterocycles. The van der Waals surface area contributed by atoms with Gasteiger partial charge in [-0.2, -0.15) is 0 Å². The van der Waals surface area contributed by atoms with Gasteiger partial charge in [0.2, 0.25) is 5.91 Å². The van der Waals surface area contributed by atoms with E-state index in [0.717, 1.165) is 22.4 Å². The highest BCUT2D eigenvalue weighted by Gasteiger charge is 2.15. The Morgan fingerprint density at radius 2 is 1.67 bits per heavy atom. The van der Waals surface area contributed by atoms with Crippen molar-refractivity contribution in [1.82, 2.24) is 5.32 Å². The Bertz CT molecular complexity index is 773. The molecule has 0 heterocycles. The molecule has 2 rings (SSSR count). The lowest BCUT2D eigenvalue weighted by molar-refractivity contribution is -0.121. The van der Waals surface area contributed by atoms with Crippen LogP contribution >= 0.6 is 0 Å². The van der Waals surface area contributed by atoms with Gasteiger partial charge in [-0.15, -0.1) is 0 Å². The first-order valence-electron chi connectivity index (χ1n) is 9.30. The van der Waals surface area contributed by atoms with E-state index in [1.165, 1.54) is 0 Å². The maximum Gasteiger partial charge on any atom is 0.225 e. The molecule has 5 nitrogen and oxygen atoms in total. The summed E-state index contributed by atoms with van der Waals surface area (Å²) in [6, 6.07) is 11.4. The normalized spacial score (nSPS) is 11.6. The molecule has 2 aromatic rings. The highest BCUT2D eigenvalue weighted by molar-refractivity contribution is 5.79. The number of carbonyl (C=O) groups excluding carboxylic acids is 1. The minimum atomic E-state index is -0.150. The van der Waals surface area contributed by atoms with Gasteiger partial charge in [-0.05, 0) is 51.5 Å². The Balaban J connectivity index is 2.10. The SMILES string of the molecule is CCOc1ccc([C@H](C)NC(=O)Cc2cc(C)ccc2OC)cc1OCC. The van der Waals surface area contributed by atoms with Crippen molar-refractivity contribution in [1.29, 1.82) is 0 Å². The number of carbonyl (C=O) groups is 1. The van der Waals surface area contributed by atoms with E-state index in [-0.39, 0.29) is 18.4 Å². The van der Waals surface area contributed by atoms with Gasteiger partial charge < -0.3 is 19.5 Å². The van der Waals surface area contributed by atoms with E-state index in [1.807, 2.05) is 64.1 Å². The van der Waals surface area contributed by atoms with Crippen molar-refractivity contribution in [2.24, 2.45) is 0 Å². The molecule has 0 saturated heterocycles. The van der Waals surface area contributed by atoms with Crippen LogP contribution in [0.25, 0.3) is 0 Å². The Hall–Kier alpha value is -2.69. The summed E-state index contributed by atoms with van der Waals surface area (Å²) in [5.74, 6) is 2.07. The Kier molecular flexibility index (Phi) is 7.53. The number of methoxy groups -OCH3 is 1. The van der Waals surface area contributed by atoms with E-state index in [2.05, 4.69) is 5.32 Å². The van der Waals surface area contributed by atoms with Gasteiger partial charge in [-0.25, -0.2) is 0 Å². The molecule has 1 N–H and O–H groups in total. The largest absolute Gasteiger partial charge is 0.496 e. The Morgan fingerprint density at radius 1 is 1.00 bits per heavy atom. The van der Waals surface area contributed by atoms with Crippen molar-refractivity contribution in [2.45, 2.75) is 40.2 Å². The molecule has 146 valence electrons. The number of amides is 1. The van der Waals surface area contributed by atoms with Crippen LogP contribution in [-0.4, -0.2) is 26.2 Å². The fourth-order valence-corrected chi connectivity index (χ4v) is 2.93. The molecule has 0 spiro atoms. The third-order valence-corrected chi connectivity index (χ3v) is 4.23. The van der Waals surface area contributed by atoms with Gasteiger partial charge in [0, 0.05) is 5.56 Å². The topological polar surface area (TPSA) is 56.8 Å². The number of rotatable bonds is 9. The average Bonchev–Trinajstić information content (AvgIpc) is 2.63. The second-order valence-corrected chi connectivity index (χ2v) is 6.35. The predicted molar refractivity (Wildman–Crippen MR) is 107 cm³/mol. The van der Waals surface area contributed by atoms with Gasteiger partial charge in [0.15, 0.2) is 11.5 Å². The summed E-state index contributed by atoms with van der Waals surface area (Å²) in [6.45, 7) is 8.95. The zero-order valence-electron chi connectivity index (χ0n) is 16.8. The molecular weight excluding hydrogens is 342 g/mol. The van der Waals surface area contributed by atoms with Gasteiger partial charge in [-0.1, -0.05) is 23.8 Å². The summed E-state index contributed by atoms with van der Waals surface area (Å²) in [6.07, 6.45) is 0.268. The van der Waals surface area contributed by atoms with Gasteiger partial charge >= 0.3 is 0 Å². The summed E-state index contributed by atoms with van der Waals surface area (Å²) in [4.78, 5) is 12.5. The highest BCUT2D eigenvalue weighted by Crippen LogP contribution is 2.31. The van der Waals surface area contributed by atoms with Gasteiger partial charge in [0.25, 0.3) is 0 Å². The van der Waals surface area contributed by atoms with Gasteiger partial charge in [-0.3, -0.25) is 4.79 Å². The molecule has 0 bridgehead atoms. The van der Waals surface area contributed by atoms with Gasteiger partial charge in [0.05, 0.1) is 32.8 Å². The number of aryl methyl sites for hydroxylation is 1. The third-order valence-electron chi connectivity index (χ3n) is 4.23. The van der Waals surface area contributed by atoms with Crippen LogP contribution in [0.1, 0.15) is 43.5 Å². The molecule has 2 aromatic carbocycles. The number of hydrogen-bond acceptors (Lipinski definition) is 4. The van der Waals surface area contributed by atoms with Crippen LogP contribution in [0.5, 0.6) is 17.2 Å². The molecule has 0 radical (unpaired) electrons. The molecule has 1 atom stereocenters. The zero-order chi connectivity index (χ0) is 19.8.